The average molecular weight is 298 g/mol. The Labute approximate surface area is 125 Å². The van der Waals surface area contributed by atoms with E-state index in [4.69, 9.17) is 0 Å². The van der Waals surface area contributed by atoms with E-state index in [1.54, 1.807) is 12.1 Å². The van der Waals surface area contributed by atoms with Crippen molar-refractivity contribution in [2.24, 2.45) is 0 Å². The van der Waals surface area contributed by atoms with Gasteiger partial charge in [-0.05, 0) is 44.9 Å². The number of para-hydroxylation sites is 2. The molecule has 1 N–H and O–H groups in total. The summed E-state index contributed by atoms with van der Waals surface area (Å²) in [6.07, 6.45) is 3.16. The van der Waals surface area contributed by atoms with Crippen molar-refractivity contribution in [2.75, 3.05) is 18.0 Å². The number of piperidine rings is 1. The zero-order valence-corrected chi connectivity index (χ0v) is 12.7. The molecule has 2 unspecified atom stereocenters. The first-order chi connectivity index (χ1) is 10.1. The third kappa shape index (κ3) is 4.30. The molecule has 118 valence electrons. The van der Waals surface area contributed by atoms with E-state index in [1.807, 2.05) is 12.1 Å². The van der Waals surface area contributed by atoms with Gasteiger partial charge in [0.05, 0.1) is 5.69 Å². The Bertz CT molecular complexity index is 442. The summed E-state index contributed by atoms with van der Waals surface area (Å²) in [5.41, 5.74) is 0.763. The van der Waals surface area contributed by atoms with Crippen LogP contribution in [0.25, 0.3) is 0 Å². The first-order valence-corrected chi connectivity index (χ1v) is 7.65. The zero-order chi connectivity index (χ0) is 15.2. The maximum atomic E-state index is 12.5. The Balaban J connectivity index is 2.06. The topological polar surface area (TPSA) is 24.5 Å². The van der Waals surface area contributed by atoms with Crippen LogP contribution in [0.5, 0.6) is 5.75 Å². The van der Waals surface area contributed by atoms with Crippen molar-refractivity contribution in [2.45, 2.75) is 51.8 Å². The minimum absolute atomic E-state index is 0.263. The highest BCUT2D eigenvalue weighted by Gasteiger charge is 2.27. The van der Waals surface area contributed by atoms with Gasteiger partial charge in [-0.25, -0.2) is 0 Å². The van der Waals surface area contributed by atoms with Crippen molar-refractivity contribution >= 4 is 5.69 Å². The van der Waals surface area contributed by atoms with Crippen LogP contribution in [-0.4, -0.2) is 31.8 Å². The standard InChI is InChI=1S/C16H24F2N2O/c1-3-9-19-13-8-10-20(12(2)11-13)14-6-4-5-7-15(14)21-16(17)18/h4-7,12-13,16,19H,3,8-11H2,1-2H3. The van der Waals surface area contributed by atoms with E-state index < -0.39 is 6.61 Å². The molecule has 5 heteroatoms. The van der Waals surface area contributed by atoms with Crippen LogP contribution < -0.4 is 15.0 Å². The minimum Gasteiger partial charge on any atom is -0.433 e. The fourth-order valence-electron chi connectivity index (χ4n) is 2.95. The second kappa shape index (κ2) is 7.59. The summed E-state index contributed by atoms with van der Waals surface area (Å²) < 4.78 is 29.7. The van der Waals surface area contributed by atoms with Crippen LogP contribution in [0, 0.1) is 0 Å². The molecule has 0 aromatic heterocycles. The second-order valence-electron chi connectivity index (χ2n) is 5.56. The molecule has 0 spiro atoms. The molecule has 3 nitrogen and oxygen atoms in total. The molecule has 1 aliphatic heterocycles. The lowest BCUT2D eigenvalue weighted by Gasteiger charge is -2.40. The highest BCUT2D eigenvalue weighted by atomic mass is 19.3. The van der Waals surface area contributed by atoms with E-state index in [2.05, 4.69) is 28.8 Å². The fraction of sp³-hybridized carbons (Fsp3) is 0.625. The van der Waals surface area contributed by atoms with Crippen molar-refractivity contribution in [1.82, 2.24) is 5.32 Å². The summed E-state index contributed by atoms with van der Waals surface area (Å²) in [6, 6.07) is 7.86. The molecule has 0 amide bonds. The molecule has 21 heavy (non-hydrogen) atoms. The highest BCUT2D eigenvalue weighted by Crippen LogP contribution is 2.33. The van der Waals surface area contributed by atoms with Gasteiger partial charge >= 0.3 is 6.61 Å². The van der Waals surface area contributed by atoms with Gasteiger partial charge in [-0.3, -0.25) is 0 Å². The first kappa shape index (κ1) is 16.0. The van der Waals surface area contributed by atoms with Gasteiger partial charge in [0.15, 0.2) is 0 Å². The van der Waals surface area contributed by atoms with Crippen LogP contribution in [0.1, 0.15) is 33.1 Å². The van der Waals surface area contributed by atoms with Crippen molar-refractivity contribution in [3.8, 4) is 5.75 Å². The molecule has 2 atom stereocenters. The quantitative estimate of drug-likeness (QED) is 0.867. The minimum atomic E-state index is -2.79. The maximum absolute atomic E-state index is 12.5. The lowest BCUT2D eigenvalue weighted by atomic mass is 9.97. The predicted molar refractivity (Wildman–Crippen MR) is 81.2 cm³/mol. The van der Waals surface area contributed by atoms with Gasteiger partial charge < -0.3 is 15.0 Å². The molecule has 0 radical (unpaired) electrons. The molecule has 1 saturated heterocycles. The van der Waals surface area contributed by atoms with Crippen LogP contribution >= 0.6 is 0 Å². The normalized spacial score (nSPS) is 22.6. The number of nitrogens with one attached hydrogen (secondary N) is 1. The zero-order valence-electron chi connectivity index (χ0n) is 12.7. The number of halogens is 2. The molecule has 1 aliphatic rings. The van der Waals surface area contributed by atoms with E-state index in [9.17, 15) is 8.78 Å². The molecular formula is C16H24F2N2O. The Morgan fingerprint density at radius 3 is 2.81 bits per heavy atom. The number of ether oxygens (including phenoxy) is 1. The lowest BCUT2D eigenvalue weighted by Crippen LogP contribution is -2.47. The predicted octanol–water partition coefficient (Wildman–Crippen LogP) is 3.64. The largest absolute Gasteiger partial charge is 0.433 e. The van der Waals surface area contributed by atoms with Gasteiger partial charge in [0, 0.05) is 18.6 Å². The molecule has 2 rings (SSSR count). The summed E-state index contributed by atoms with van der Waals surface area (Å²) >= 11 is 0. The van der Waals surface area contributed by atoms with Gasteiger partial charge in [-0.1, -0.05) is 19.1 Å². The van der Waals surface area contributed by atoms with Crippen LogP contribution in [0.3, 0.4) is 0 Å². The molecule has 0 aliphatic carbocycles. The van der Waals surface area contributed by atoms with E-state index in [0.717, 1.165) is 38.0 Å². The van der Waals surface area contributed by atoms with E-state index in [-0.39, 0.29) is 5.75 Å². The molecule has 0 bridgehead atoms. The van der Waals surface area contributed by atoms with Gasteiger partial charge in [0.2, 0.25) is 0 Å². The lowest BCUT2D eigenvalue weighted by molar-refractivity contribution is -0.0495. The number of nitrogens with zero attached hydrogens (tertiary/aromatic N) is 1. The highest BCUT2D eigenvalue weighted by molar-refractivity contribution is 5.59. The molecule has 0 saturated carbocycles. The summed E-state index contributed by atoms with van der Waals surface area (Å²) in [5.74, 6) is 0.263. The smallest absolute Gasteiger partial charge is 0.387 e. The summed E-state index contributed by atoms with van der Waals surface area (Å²) in [7, 11) is 0. The van der Waals surface area contributed by atoms with Gasteiger partial charge in [-0.15, -0.1) is 0 Å². The Hall–Kier alpha value is -1.36. The van der Waals surface area contributed by atoms with Crippen molar-refractivity contribution in [1.29, 1.82) is 0 Å². The Morgan fingerprint density at radius 1 is 1.38 bits per heavy atom. The number of alkyl halides is 2. The third-order valence-corrected chi connectivity index (χ3v) is 3.95. The summed E-state index contributed by atoms with van der Waals surface area (Å²) in [6.45, 7) is 3.39. The molecule has 1 aromatic carbocycles. The van der Waals surface area contributed by atoms with Gasteiger partial charge in [-0.2, -0.15) is 8.78 Å². The SMILES string of the molecule is CCCNC1CCN(c2ccccc2OC(F)F)C(C)C1. The van der Waals surface area contributed by atoms with Crippen molar-refractivity contribution < 1.29 is 13.5 Å². The van der Waals surface area contributed by atoms with E-state index in [0.29, 0.717) is 12.1 Å². The molecular weight excluding hydrogens is 274 g/mol. The third-order valence-electron chi connectivity index (χ3n) is 3.95. The Morgan fingerprint density at radius 2 is 2.14 bits per heavy atom. The van der Waals surface area contributed by atoms with Crippen LogP contribution in [0.4, 0.5) is 14.5 Å². The van der Waals surface area contributed by atoms with Crippen LogP contribution in [-0.2, 0) is 0 Å². The van der Waals surface area contributed by atoms with Crippen molar-refractivity contribution in [3.63, 3.8) is 0 Å². The van der Waals surface area contributed by atoms with E-state index >= 15 is 0 Å². The summed E-state index contributed by atoms with van der Waals surface area (Å²) in [5, 5.41) is 3.54. The van der Waals surface area contributed by atoms with Crippen molar-refractivity contribution in [3.05, 3.63) is 24.3 Å². The van der Waals surface area contributed by atoms with Gasteiger partial charge in [0.25, 0.3) is 0 Å². The molecule has 1 aromatic rings. The van der Waals surface area contributed by atoms with E-state index in [1.165, 1.54) is 0 Å². The van der Waals surface area contributed by atoms with Crippen LogP contribution in [0.15, 0.2) is 24.3 Å². The number of hydrogen-bond donors (Lipinski definition) is 1. The number of hydrogen-bond acceptors (Lipinski definition) is 3. The fourth-order valence-corrected chi connectivity index (χ4v) is 2.95. The number of rotatable bonds is 6. The van der Waals surface area contributed by atoms with Gasteiger partial charge in [0.1, 0.15) is 5.75 Å². The summed E-state index contributed by atoms with van der Waals surface area (Å²) in [4.78, 5) is 2.17. The Kier molecular flexibility index (Phi) is 5.79. The monoisotopic (exact) mass is 298 g/mol. The maximum Gasteiger partial charge on any atom is 0.387 e. The molecule has 1 fully saturated rings. The molecule has 1 heterocycles. The number of benzene rings is 1. The first-order valence-electron chi connectivity index (χ1n) is 7.65. The number of anilines is 1. The second-order valence-corrected chi connectivity index (χ2v) is 5.56. The average Bonchev–Trinajstić information content (AvgIpc) is 2.45. The van der Waals surface area contributed by atoms with Crippen LogP contribution in [0.2, 0.25) is 0 Å².